The molecule has 12 aliphatic rings. The van der Waals surface area contributed by atoms with E-state index in [4.69, 9.17) is 52.4 Å². The predicted octanol–water partition coefficient (Wildman–Crippen LogP) is 11.4. The molecule has 7 fully saturated rings. The van der Waals surface area contributed by atoms with Crippen molar-refractivity contribution >= 4 is 109 Å². The maximum absolute atomic E-state index is 13.1. The lowest BCUT2D eigenvalue weighted by Gasteiger charge is -2.39. The summed E-state index contributed by atoms with van der Waals surface area (Å²) in [6.07, 6.45) is 27.3. The Morgan fingerprint density at radius 3 is 0.750 bits per heavy atom. The van der Waals surface area contributed by atoms with Crippen LogP contribution in [0, 0.1) is 11.8 Å². The minimum Gasteiger partial charge on any atom is -0.491 e. The summed E-state index contributed by atoms with van der Waals surface area (Å²) >= 11 is 0. The average molecular weight is 2070 g/mol. The monoisotopic (exact) mass is 2070 g/mol. The van der Waals surface area contributed by atoms with Crippen molar-refractivity contribution in [1.82, 2.24) is 24.5 Å². The Morgan fingerprint density at radius 2 is 0.507 bits per heavy atom. The van der Waals surface area contributed by atoms with E-state index in [1.165, 1.54) is 6.42 Å². The third-order valence-corrected chi connectivity index (χ3v) is 34.1. The van der Waals surface area contributed by atoms with Crippen molar-refractivity contribution in [2.45, 2.75) is 252 Å². The van der Waals surface area contributed by atoms with Crippen LogP contribution in [0.4, 0.5) is 0 Å². The zero-order valence-corrected chi connectivity index (χ0v) is 85.7. The first-order chi connectivity index (χ1) is 69.2. The van der Waals surface area contributed by atoms with Gasteiger partial charge in [0.15, 0.2) is 0 Å². The largest absolute Gasteiger partial charge is 0.491 e. The highest BCUT2D eigenvalue weighted by molar-refractivity contribution is 7.90. The number of carbonyl (C=O) groups is 5. The minimum absolute atomic E-state index is 0.0154. The molecule has 10 heterocycles. The van der Waals surface area contributed by atoms with Gasteiger partial charge in [0.2, 0.25) is 29.5 Å². The van der Waals surface area contributed by atoms with E-state index >= 15 is 0 Å². The molecule has 19 rings (SSSR count). The second kappa shape index (κ2) is 48.3. The number of nitrogens with two attached hydrogens (primary N) is 5. The molecule has 0 unspecified atom stereocenters. The summed E-state index contributed by atoms with van der Waals surface area (Å²) in [5.74, 6) is 2.86. The quantitative estimate of drug-likeness (QED) is 0.0355. The topological polar surface area (TPSA) is 510 Å². The summed E-state index contributed by atoms with van der Waals surface area (Å²) < 4.78 is 167. The van der Waals surface area contributed by atoms with Crippen molar-refractivity contribution in [3.05, 3.63) is 218 Å². The van der Waals surface area contributed by atoms with Crippen molar-refractivity contribution in [3.8, 4) is 28.7 Å². The van der Waals surface area contributed by atoms with Gasteiger partial charge >= 0.3 is 0 Å². The standard InChI is InChI=1S/2C23H27N3O4S.C21H29N3O4S.C19H25N3O4S.C18H25N3O4S/c2*24-23-22-18(16-31(28,29)25-23)9-6-11-20(22)30-15-19-10-4-5-14-26(19)21(27)13-12-17-7-2-1-3-8-17;22-20-19-16(14-29(26,27)23-20)9-6-11-18(19)28-13-17-10-4-5-12-24(17)21(25)15-7-2-1-3-8-15;20-18-17-14(12-27(24,25)21-18)7-4-9-16(17)26-11-15-8-1-2-10-22(15)19(23)13-5-3-6-13;1-2-6-16(22)21-10-4-3-8-14(21)11-25-15-9-5-7-13-12-26(23,24)20-18(19)17(13)15/h2*1-3,6-9,11,19H,4-5,10,12-16H2,(H2,24,25);6,9,11,15,17H,1-5,7-8,10,12-14H2,(H2,22,23);4,7,9,13,15H,1-3,5-6,8,10-12H2,(H2,20,21);5,7,9,14H,2-4,6,8,10-12H2,1H3,(H2,19,20)/t2*19-;17-;15-;14-/m11111/s1. The summed E-state index contributed by atoms with van der Waals surface area (Å²) in [5.41, 5.74) is 37.6. The number of aryl methyl sites for hydroxylation is 2. The van der Waals surface area contributed by atoms with Gasteiger partial charge in [0.05, 0.1) is 86.8 Å². The Labute approximate surface area is 845 Å². The predicted molar refractivity (Wildman–Crippen MR) is 552 cm³/mol. The van der Waals surface area contributed by atoms with E-state index in [2.05, 4.69) is 22.0 Å². The zero-order valence-electron chi connectivity index (χ0n) is 81.7. The Hall–Kier alpha value is -12.0. The van der Waals surface area contributed by atoms with Crippen LogP contribution in [0.3, 0.4) is 0 Å². The molecule has 5 amide bonds. The molecule has 5 saturated heterocycles. The molecule has 40 heteroatoms. The number of carbonyl (C=O) groups excluding carboxylic acids is 5. The molecular formula is C104H133N15O20S5. The van der Waals surface area contributed by atoms with Crippen LogP contribution in [0.25, 0.3) is 0 Å². The Bertz CT molecular complexity index is 6410. The smallest absolute Gasteiger partial charge is 0.259 e. The summed E-state index contributed by atoms with van der Waals surface area (Å²) in [5, 5.41) is 0. The minimum atomic E-state index is -3.59. The number of rotatable bonds is 25. The Kier molecular flexibility index (Phi) is 35.7. The second-order valence-corrected chi connectivity index (χ2v) is 47.0. The zero-order chi connectivity index (χ0) is 102. The number of hydrogen-bond acceptors (Lipinski definition) is 25. The Morgan fingerprint density at radius 1 is 0.278 bits per heavy atom. The van der Waals surface area contributed by atoms with Crippen molar-refractivity contribution in [1.29, 1.82) is 0 Å². The van der Waals surface area contributed by atoms with Gasteiger partial charge in [0, 0.05) is 63.8 Å². The molecular weight excluding hydrogens is 1940 g/mol. The van der Waals surface area contributed by atoms with Crippen LogP contribution in [0.2, 0.25) is 0 Å². The molecule has 144 heavy (non-hydrogen) atoms. The number of hydrogen-bond donors (Lipinski definition) is 5. The van der Waals surface area contributed by atoms with Crippen LogP contribution in [0.15, 0.2) is 174 Å². The van der Waals surface area contributed by atoms with Crippen LogP contribution < -0.4 is 52.4 Å². The molecule has 0 radical (unpaired) electrons. The lowest BCUT2D eigenvalue weighted by molar-refractivity contribution is -0.143. The first kappa shape index (κ1) is 106. The van der Waals surface area contributed by atoms with E-state index in [0.717, 1.165) is 204 Å². The van der Waals surface area contributed by atoms with Crippen molar-refractivity contribution in [3.63, 3.8) is 0 Å². The molecule has 0 bridgehead atoms. The van der Waals surface area contributed by atoms with Gasteiger partial charge in [-0.1, -0.05) is 154 Å². The SMILES string of the molecule is CCCC(=O)N1CCCC[C@@H]1COc1cccc2c1C(N)=NS(=O)(=O)C2.NC1=NS(=O)(=O)Cc2cccc(OC[C@H]3CCCCN3C(=O)C3CCC3)c21.NC1=NS(=O)(=O)Cc2cccc(OC[C@H]3CCCCN3C(=O)C3CCCCC3)c21.NC1=NS(=O)(=O)Cc2cccc(OC[C@H]3CCCCN3C(=O)CCc3ccccc3)c21.NC1=NS(=O)(=O)Cc2cccc(OC[C@H]3CCCCN3C(=O)CCc3ccccc3)c21. The third kappa shape index (κ3) is 27.8. The maximum Gasteiger partial charge on any atom is 0.259 e. The number of likely N-dealkylation sites (tertiary alicyclic amines) is 5. The number of benzene rings is 7. The van der Waals surface area contributed by atoms with E-state index in [-0.39, 0.29) is 130 Å². The van der Waals surface area contributed by atoms with Gasteiger partial charge in [-0.3, -0.25) is 24.0 Å². The summed E-state index contributed by atoms with van der Waals surface area (Å²) in [6.45, 7) is 7.63. The number of sulfonamides is 5. The Balaban J connectivity index is 0.000000136. The lowest BCUT2D eigenvalue weighted by Crippen LogP contribution is -2.50. The molecule has 0 spiro atoms. The van der Waals surface area contributed by atoms with E-state index in [1.807, 2.05) is 92.1 Å². The van der Waals surface area contributed by atoms with Gasteiger partial charge in [0.25, 0.3) is 50.1 Å². The summed E-state index contributed by atoms with van der Waals surface area (Å²) in [4.78, 5) is 73.8. The first-order valence-corrected chi connectivity index (χ1v) is 58.4. The fourth-order valence-corrected chi connectivity index (χ4v) is 26.4. The molecule has 10 N–H and O–H groups in total. The van der Waals surface area contributed by atoms with E-state index in [1.54, 1.807) is 91.0 Å². The van der Waals surface area contributed by atoms with Crippen molar-refractivity contribution < 1.29 is 89.7 Å². The van der Waals surface area contributed by atoms with Crippen LogP contribution in [0.5, 0.6) is 28.7 Å². The molecule has 5 atom stereocenters. The third-order valence-electron chi connectivity index (χ3n) is 28.4. The van der Waals surface area contributed by atoms with Gasteiger partial charge in [-0.05, 0) is 211 Å². The average Bonchev–Trinajstić information content (AvgIpc) is 0.791. The summed E-state index contributed by atoms with van der Waals surface area (Å²) in [7, 11) is -17.9. The van der Waals surface area contributed by atoms with E-state index < -0.39 is 50.1 Å². The van der Waals surface area contributed by atoms with Crippen LogP contribution in [0.1, 0.15) is 247 Å². The number of nitrogens with zero attached hydrogens (tertiary/aromatic N) is 10. The molecule has 7 aromatic carbocycles. The number of ether oxygens (including phenoxy) is 5. The molecule has 2 saturated carbocycles. The number of amidine groups is 5. The second-order valence-electron chi connectivity index (χ2n) is 38.8. The van der Waals surface area contributed by atoms with Gasteiger partial charge in [-0.15, -0.1) is 22.0 Å². The molecule has 774 valence electrons. The molecule has 0 aromatic heterocycles. The fraction of sp³-hybridized carbons (Fsp3) is 0.500. The van der Waals surface area contributed by atoms with Gasteiger partial charge in [-0.2, -0.15) is 0 Å². The van der Waals surface area contributed by atoms with Crippen LogP contribution in [-0.4, -0.2) is 221 Å². The molecule has 2 aliphatic carbocycles. The van der Waals surface area contributed by atoms with Gasteiger partial charge in [0.1, 0.15) is 91.0 Å². The molecule has 7 aromatic rings. The normalized spacial score (nSPS) is 22.0. The number of piperidine rings is 5. The van der Waals surface area contributed by atoms with Crippen LogP contribution >= 0.6 is 0 Å². The lowest BCUT2D eigenvalue weighted by atomic mass is 9.83. The highest BCUT2D eigenvalue weighted by Gasteiger charge is 2.40. The fourth-order valence-electron chi connectivity index (χ4n) is 20.9. The first-order valence-electron chi connectivity index (χ1n) is 50.4. The van der Waals surface area contributed by atoms with E-state index in [0.29, 0.717) is 137 Å². The summed E-state index contributed by atoms with van der Waals surface area (Å²) in [6, 6.07) is 46.4. The number of fused-ring (bicyclic) bond motifs is 5. The van der Waals surface area contributed by atoms with Gasteiger partial charge in [-0.25, -0.2) is 42.1 Å². The van der Waals surface area contributed by atoms with Crippen molar-refractivity contribution in [2.75, 3.05) is 65.8 Å². The highest BCUT2D eigenvalue weighted by atomic mass is 32.2. The number of amides is 5. The van der Waals surface area contributed by atoms with Crippen LogP contribution in [-0.2, 0) is 116 Å². The van der Waals surface area contributed by atoms with Crippen molar-refractivity contribution in [2.24, 2.45) is 62.5 Å². The maximum atomic E-state index is 13.1. The molecule has 35 nitrogen and oxygen atoms in total. The van der Waals surface area contributed by atoms with E-state index in [9.17, 15) is 66.1 Å². The highest BCUT2D eigenvalue weighted by Crippen LogP contribution is 2.39. The molecule has 10 aliphatic heterocycles. The van der Waals surface area contributed by atoms with Gasteiger partial charge < -0.3 is 76.9 Å².